The summed E-state index contributed by atoms with van der Waals surface area (Å²) in [4.78, 5) is 37.7. The van der Waals surface area contributed by atoms with Crippen LogP contribution in [0.1, 0.15) is 12.8 Å². The van der Waals surface area contributed by atoms with Crippen LogP contribution in [0, 0.1) is 0 Å². The minimum atomic E-state index is -2.92. The van der Waals surface area contributed by atoms with Crippen LogP contribution in [-0.4, -0.2) is 51.6 Å². The maximum atomic E-state index is 9.43. The summed E-state index contributed by atoms with van der Waals surface area (Å²) in [5.74, 6) is -5.25. The molecule has 0 aromatic rings. The topological polar surface area (TPSA) is 218 Å². The first kappa shape index (κ1) is 37.8. The van der Waals surface area contributed by atoms with Crippen LogP contribution in [0.15, 0.2) is 0 Å². The molecule has 0 unspecified atom stereocenters. The molecule has 0 bridgehead atoms. The van der Waals surface area contributed by atoms with Crippen LogP contribution in [0.25, 0.3) is 0 Å². The summed E-state index contributed by atoms with van der Waals surface area (Å²) in [6.07, 6.45) is -1.61. The van der Waals surface area contributed by atoms with Crippen LogP contribution in [0.3, 0.4) is 0 Å². The molecule has 0 rings (SSSR count). The summed E-state index contributed by atoms with van der Waals surface area (Å²) in [5.41, 5.74) is 0. The van der Waals surface area contributed by atoms with Gasteiger partial charge in [0.25, 0.3) is 0 Å². The molecule has 0 amide bonds. The predicted octanol–water partition coefficient (Wildman–Crippen LogP) is -13.8. The number of hydrogen-bond acceptors (Lipinski definition) is 7. The Bertz CT molecular complexity index is 245. The molecule has 11 nitrogen and oxygen atoms in total. The minimum Gasteiger partial charge on any atom is -0.907 e. The van der Waals surface area contributed by atoms with E-state index in [4.69, 9.17) is 35.5 Å². The van der Waals surface area contributed by atoms with Crippen LogP contribution in [0.4, 0.5) is 0 Å². The monoisotopic (exact) mass is 336 g/mol. The third kappa shape index (κ3) is 94.8. The third-order valence-electron chi connectivity index (χ3n) is 0.605. The van der Waals surface area contributed by atoms with Gasteiger partial charge in [0, 0.05) is 0 Å². The summed E-state index contributed by atoms with van der Waals surface area (Å²) in [6.45, 7) is 0. The van der Waals surface area contributed by atoms with Gasteiger partial charge < -0.3 is 35.5 Å². The first-order chi connectivity index (χ1) is 7.98. The summed E-state index contributed by atoms with van der Waals surface area (Å²) in [7, 11) is -2.92. The predicted molar refractivity (Wildman–Crippen MR) is 45.5 cm³/mol. The van der Waals surface area contributed by atoms with Crippen molar-refractivity contribution >= 4 is 31.2 Å². The van der Waals surface area contributed by atoms with Crippen molar-refractivity contribution in [1.29, 1.82) is 0 Å². The van der Waals surface area contributed by atoms with Crippen LogP contribution >= 0.6 is 0 Å². The Morgan fingerprint density at radius 2 is 0.714 bits per heavy atom. The summed E-state index contributed by atoms with van der Waals surface area (Å²) < 4.78 is 0. The Kier molecular flexibility index (Phi) is 46.4. The quantitative estimate of drug-likeness (QED) is 0.279. The van der Waals surface area contributed by atoms with E-state index in [0.29, 0.717) is 0 Å². The number of rotatable bonds is 4. The molecule has 0 aliphatic rings. The first-order valence-electron chi connectivity index (χ1n) is 3.83. The number of hydrogen-bond donors (Lipinski definition) is 4. The third-order valence-corrected chi connectivity index (χ3v) is 0.605. The van der Waals surface area contributed by atoms with E-state index in [1.807, 2.05) is 0 Å². The second kappa shape index (κ2) is 25.8. The average molecular weight is 336 g/mol. The Hall–Kier alpha value is 0.825. The normalized spacial score (nSPS) is 6.62. The van der Waals surface area contributed by atoms with Crippen LogP contribution in [-0.2, 0) is 19.2 Å². The SMILES string of the molecule is O=C(O)CC(=O)O.O=C(O)CC(=O)O.[Na+].[Na+].[Na+].[O-]B([O-])[O-]. The van der Waals surface area contributed by atoms with Crippen molar-refractivity contribution in [3.05, 3.63) is 0 Å². The second-order valence-electron chi connectivity index (χ2n) is 2.22. The zero-order valence-corrected chi connectivity index (χ0v) is 17.6. The van der Waals surface area contributed by atoms with E-state index in [1.54, 1.807) is 0 Å². The molecule has 0 saturated carbocycles. The van der Waals surface area contributed by atoms with Crippen molar-refractivity contribution in [1.82, 2.24) is 0 Å². The maximum absolute atomic E-state index is 9.43. The summed E-state index contributed by atoms with van der Waals surface area (Å²) >= 11 is 0. The molecular weight excluding hydrogens is 328 g/mol. The largest absolute Gasteiger partial charge is 1.00 e. The standard InChI is InChI=1S/2C3H4O4.BO3.3Na/c2*4-2(5)1-3(6)7;2-1(3)4;;;/h2*1H2,(H,4,5)(H,6,7);;;;/q;;-3;3*+1. The molecule has 0 aromatic heterocycles. The Morgan fingerprint density at radius 3 is 0.714 bits per heavy atom. The molecule has 0 aromatic carbocycles. The molecule has 104 valence electrons. The van der Waals surface area contributed by atoms with E-state index in [2.05, 4.69) is 0 Å². The van der Waals surface area contributed by atoms with Gasteiger partial charge in [0.15, 0.2) is 0 Å². The van der Waals surface area contributed by atoms with Crippen molar-refractivity contribution in [2.45, 2.75) is 12.8 Å². The van der Waals surface area contributed by atoms with Crippen molar-refractivity contribution in [3.63, 3.8) is 0 Å². The van der Waals surface area contributed by atoms with Gasteiger partial charge in [0.1, 0.15) is 12.8 Å². The van der Waals surface area contributed by atoms with Gasteiger partial charge in [-0.2, -0.15) is 0 Å². The fourth-order valence-electron chi connectivity index (χ4n) is 0.259. The fourth-order valence-corrected chi connectivity index (χ4v) is 0.259. The Labute approximate surface area is 185 Å². The molecule has 0 heterocycles. The molecule has 0 saturated heterocycles. The number of carbonyl (C=O) groups is 4. The van der Waals surface area contributed by atoms with Crippen molar-refractivity contribution in [3.8, 4) is 0 Å². The molecule has 4 N–H and O–H groups in total. The molecular formula is C6H8BNa3O11. The van der Waals surface area contributed by atoms with E-state index in [0.717, 1.165) is 0 Å². The minimum absolute atomic E-state index is 0. The summed E-state index contributed by atoms with van der Waals surface area (Å²) in [6, 6.07) is 0. The Morgan fingerprint density at radius 1 is 0.619 bits per heavy atom. The smallest absolute Gasteiger partial charge is 0.907 e. The number of aliphatic carboxylic acids is 4. The molecule has 0 spiro atoms. The molecule has 0 aliphatic carbocycles. The van der Waals surface area contributed by atoms with Gasteiger partial charge in [-0.3, -0.25) is 26.5 Å². The molecule has 0 fully saturated rings. The summed E-state index contributed by atoms with van der Waals surface area (Å²) in [5, 5.41) is 56.1. The molecule has 21 heavy (non-hydrogen) atoms. The van der Waals surface area contributed by atoms with Gasteiger partial charge in [-0.15, -0.1) is 0 Å². The van der Waals surface area contributed by atoms with Gasteiger partial charge in [-0.1, -0.05) is 0 Å². The first-order valence-corrected chi connectivity index (χ1v) is 3.83. The number of carboxylic acid groups (broad SMARTS) is 4. The molecule has 0 radical (unpaired) electrons. The fraction of sp³-hybridized carbons (Fsp3) is 0.333. The van der Waals surface area contributed by atoms with Gasteiger partial charge in [0.05, 0.1) is 0 Å². The van der Waals surface area contributed by atoms with E-state index in [9.17, 15) is 19.2 Å². The van der Waals surface area contributed by atoms with E-state index in [-0.39, 0.29) is 88.7 Å². The van der Waals surface area contributed by atoms with E-state index in [1.165, 1.54) is 0 Å². The van der Waals surface area contributed by atoms with E-state index >= 15 is 0 Å². The van der Waals surface area contributed by atoms with Crippen molar-refractivity contribution in [2.24, 2.45) is 0 Å². The second-order valence-corrected chi connectivity index (χ2v) is 2.22. The van der Waals surface area contributed by atoms with Crippen LogP contribution in [0.5, 0.6) is 0 Å². The zero-order chi connectivity index (χ0) is 15.3. The van der Waals surface area contributed by atoms with Crippen LogP contribution in [0.2, 0.25) is 0 Å². The maximum Gasteiger partial charge on any atom is 1.00 e. The molecule has 15 heteroatoms. The van der Waals surface area contributed by atoms with Gasteiger partial charge >= 0.3 is 113 Å². The zero-order valence-electron chi connectivity index (χ0n) is 11.6. The van der Waals surface area contributed by atoms with Gasteiger partial charge in [-0.25, -0.2) is 0 Å². The van der Waals surface area contributed by atoms with Gasteiger partial charge in [0.2, 0.25) is 0 Å². The molecule has 0 aliphatic heterocycles. The molecule has 0 atom stereocenters. The van der Waals surface area contributed by atoms with Gasteiger partial charge in [-0.05, 0) is 0 Å². The van der Waals surface area contributed by atoms with Crippen LogP contribution < -0.4 is 104 Å². The number of carboxylic acids is 4. The Balaban J connectivity index is -0.0000000388. The average Bonchev–Trinajstić information content (AvgIpc) is 1.96. The van der Waals surface area contributed by atoms with Crippen molar-refractivity contribution in [2.75, 3.05) is 0 Å². The van der Waals surface area contributed by atoms with E-state index < -0.39 is 44.0 Å². The van der Waals surface area contributed by atoms with Crippen molar-refractivity contribution < 1.29 is 143 Å².